The number of nitrogens with one attached hydrogen (secondary N) is 1. The molecule has 1 N–H and O–H groups in total. The van der Waals surface area contributed by atoms with E-state index in [0.29, 0.717) is 6.54 Å². The summed E-state index contributed by atoms with van der Waals surface area (Å²) in [4.78, 5) is 15.0. The van der Waals surface area contributed by atoms with Gasteiger partial charge in [-0.3, -0.25) is 9.69 Å². The van der Waals surface area contributed by atoms with Gasteiger partial charge in [-0.25, -0.2) is 0 Å². The molecule has 0 radical (unpaired) electrons. The fourth-order valence-corrected chi connectivity index (χ4v) is 2.30. The summed E-state index contributed by atoms with van der Waals surface area (Å²) in [6.45, 7) is 6.84. The van der Waals surface area contributed by atoms with E-state index in [9.17, 15) is 18.0 Å². The molecule has 1 aliphatic rings. The lowest BCUT2D eigenvalue weighted by atomic mass is 10.2. The fraction of sp³-hybridized carbons (Fsp3) is 0.923. The van der Waals surface area contributed by atoms with Crippen LogP contribution in [0.25, 0.3) is 0 Å². The van der Waals surface area contributed by atoms with Crippen LogP contribution < -0.4 is 5.32 Å². The normalized spacial score (nSPS) is 20.2. The van der Waals surface area contributed by atoms with E-state index in [0.717, 1.165) is 18.0 Å². The minimum Gasteiger partial charge on any atom is -0.332 e. The SMILES string of the molecule is CC(C)CN(CC(F)(F)F)C(=O)CN1CCNC[C@@H]1C.Cl. The van der Waals surface area contributed by atoms with Crippen molar-refractivity contribution in [3.63, 3.8) is 0 Å². The number of carbonyl (C=O) groups is 1. The molecule has 0 spiro atoms. The molecule has 0 aromatic heterocycles. The van der Waals surface area contributed by atoms with Crippen molar-refractivity contribution in [2.75, 3.05) is 39.3 Å². The maximum Gasteiger partial charge on any atom is 0.406 e. The zero-order valence-corrected chi connectivity index (χ0v) is 13.6. The molecule has 0 bridgehead atoms. The Morgan fingerprint density at radius 3 is 2.52 bits per heavy atom. The molecule has 21 heavy (non-hydrogen) atoms. The van der Waals surface area contributed by atoms with Crippen LogP contribution in [0.15, 0.2) is 0 Å². The average Bonchev–Trinajstić information content (AvgIpc) is 2.28. The van der Waals surface area contributed by atoms with E-state index in [1.54, 1.807) is 0 Å². The molecule has 0 aromatic rings. The van der Waals surface area contributed by atoms with E-state index >= 15 is 0 Å². The van der Waals surface area contributed by atoms with Gasteiger partial charge < -0.3 is 10.2 Å². The monoisotopic (exact) mass is 331 g/mol. The van der Waals surface area contributed by atoms with Crippen molar-refractivity contribution in [2.45, 2.75) is 33.0 Å². The average molecular weight is 332 g/mol. The predicted octanol–water partition coefficient (Wildman–Crippen LogP) is 1.75. The lowest BCUT2D eigenvalue weighted by Gasteiger charge is -2.35. The van der Waals surface area contributed by atoms with Crippen molar-refractivity contribution in [1.82, 2.24) is 15.1 Å². The van der Waals surface area contributed by atoms with E-state index in [2.05, 4.69) is 5.32 Å². The van der Waals surface area contributed by atoms with E-state index in [1.165, 1.54) is 0 Å². The molecule has 1 heterocycles. The molecular formula is C13H25ClF3N3O. The molecule has 0 aliphatic carbocycles. The minimum absolute atomic E-state index is 0. The summed E-state index contributed by atoms with van der Waals surface area (Å²) in [6, 6.07) is 0.166. The van der Waals surface area contributed by atoms with Crippen LogP contribution in [0.4, 0.5) is 13.2 Å². The molecule has 1 amide bonds. The van der Waals surface area contributed by atoms with Crippen molar-refractivity contribution in [2.24, 2.45) is 5.92 Å². The van der Waals surface area contributed by atoms with Crippen LogP contribution in [-0.4, -0.2) is 67.2 Å². The maximum absolute atomic E-state index is 12.6. The van der Waals surface area contributed by atoms with Gasteiger partial charge in [-0.1, -0.05) is 13.8 Å². The van der Waals surface area contributed by atoms with Gasteiger partial charge in [-0.15, -0.1) is 12.4 Å². The zero-order chi connectivity index (χ0) is 15.3. The molecule has 0 saturated carbocycles. The molecule has 1 rings (SSSR count). The molecule has 1 fully saturated rings. The Labute approximate surface area is 130 Å². The molecule has 4 nitrogen and oxygen atoms in total. The highest BCUT2D eigenvalue weighted by Crippen LogP contribution is 2.18. The molecule has 0 aromatic carbocycles. The summed E-state index contributed by atoms with van der Waals surface area (Å²) < 4.78 is 37.7. The van der Waals surface area contributed by atoms with E-state index in [1.807, 2.05) is 25.7 Å². The number of alkyl halides is 3. The largest absolute Gasteiger partial charge is 0.406 e. The Bertz CT molecular complexity index is 326. The third-order valence-corrected chi connectivity index (χ3v) is 3.29. The molecule has 1 aliphatic heterocycles. The molecule has 126 valence electrons. The summed E-state index contributed by atoms with van der Waals surface area (Å²) in [7, 11) is 0. The number of nitrogens with zero attached hydrogens (tertiary/aromatic N) is 2. The number of amides is 1. The second-order valence-electron chi connectivity index (χ2n) is 5.81. The minimum atomic E-state index is -4.35. The maximum atomic E-state index is 12.6. The first kappa shape index (κ1) is 20.5. The third kappa shape index (κ3) is 7.87. The quantitative estimate of drug-likeness (QED) is 0.833. The number of rotatable bonds is 5. The van der Waals surface area contributed by atoms with Gasteiger partial charge in [0, 0.05) is 32.2 Å². The van der Waals surface area contributed by atoms with Gasteiger partial charge in [-0.05, 0) is 12.8 Å². The zero-order valence-electron chi connectivity index (χ0n) is 12.7. The van der Waals surface area contributed by atoms with Crippen LogP contribution >= 0.6 is 12.4 Å². The smallest absolute Gasteiger partial charge is 0.332 e. The van der Waals surface area contributed by atoms with Gasteiger partial charge in [-0.2, -0.15) is 13.2 Å². The van der Waals surface area contributed by atoms with Crippen molar-refractivity contribution in [3.8, 4) is 0 Å². The second-order valence-corrected chi connectivity index (χ2v) is 5.81. The standard InChI is InChI=1S/C13H24F3N3O.ClH/c1-10(2)7-19(9-13(14,15)16)12(20)8-18-5-4-17-6-11(18)3;/h10-11,17H,4-9H2,1-3H3;1H/t11-;/m0./s1. The molecule has 1 saturated heterocycles. The number of carbonyl (C=O) groups excluding carboxylic acids is 1. The van der Waals surface area contributed by atoms with Crippen LogP contribution in [0.1, 0.15) is 20.8 Å². The molecular weight excluding hydrogens is 307 g/mol. The highest BCUT2D eigenvalue weighted by Gasteiger charge is 2.34. The summed E-state index contributed by atoms with van der Waals surface area (Å²) in [5.74, 6) is -0.425. The Balaban J connectivity index is 0.00000400. The van der Waals surface area contributed by atoms with Gasteiger partial charge in [0.2, 0.25) is 5.91 Å². The van der Waals surface area contributed by atoms with E-state index in [-0.39, 0.29) is 37.5 Å². The number of hydrogen-bond donors (Lipinski definition) is 1. The van der Waals surface area contributed by atoms with Crippen LogP contribution in [0.2, 0.25) is 0 Å². The Morgan fingerprint density at radius 1 is 1.43 bits per heavy atom. The van der Waals surface area contributed by atoms with Gasteiger partial charge in [0.15, 0.2) is 0 Å². The van der Waals surface area contributed by atoms with Crippen LogP contribution in [0, 0.1) is 5.92 Å². The second kappa shape index (κ2) is 8.80. The Morgan fingerprint density at radius 2 is 2.05 bits per heavy atom. The van der Waals surface area contributed by atoms with Crippen LogP contribution in [-0.2, 0) is 4.79 Å². The van der Waals surface area contributed by atoms with E-state index in [4.69, 9.17) is 0 Å². The highest BCUT2D eigenvalue weighted by atomic mass is 35.5. The topological polar surface area (TPSA) is 35.6 Å². The lowest BCUT2D eigenvalue weighted by Crippen LogP contribution is -2.54. The molecule has 1 atom stereocenters. The van der Waals surface area contributed by atoms with Gasteiger partial charge in [0.25, 0.3) is 0 Å². The number of halogens is 4. The van der Waals surface area contributed by atoms with Gasteiger partial charge in [0.1, 0.15) is 6.54 Å². The number of hydrogen-bond acceptors (Lipinski definition) is 3. The van der Waals surface area contributed by atoms with Crippen molar-refractivity contribution in [1.29, 1.82) is 0 Å². The number of piperazine rings is 1. The summed E-state index contributed by atoms with van der Waals surface area (Å²) in [5, 5.41) is 3.19. The van der Waals surface area contributed by atoms with Gasteiger partial charge in [0.05, 0.1) is 6.54 Å². The van der Waals surface area contributed by atoms with Crippen molar-refractivity contribution < 1.29 is 18.0 Å². The first-order chi connectivity index (χ1) is 9.19. The first-order valence-electron chi connectivity index (χ1n) is 6.98. The van der Waals surface area contributed by atoms with E-state index < -0.39 is 18.6 Å². The van der Waals surface area contributed by atoms with Gasteiger partial charge >= 0.3 is 6.18 Å². The van der Waals surface area contributed by atoms with Crippen molar-refractivity contribution >= 4 is 18.3 Å². The van der Waals surface area contributed by atoms with Crippen molar-refractivity contribution in [3.05, 3.63) is 0 Å². The summed E-state index contributed by atoms with van der Waals surface area (Å²) in [6.07, 6.45) is -4.35. The first-order valence-corrected chi connectivity index (χ1v) is 6.98. The lowest BCUT2D eigenvalue weighted by molar-refractivity contribution is -0.163. The van der Waals surface area contributed by atoms with Crippen LogP contribution in [0.5, 0.6) is 0 Å². The van der Waals surface area contributed by atoms with Crippen LogP contribution in [0.3, 0.4) is 0 Å². The highest BCUT2D eigenvalue weighted by molar-refractivity contribution is 5.85. The Kier molecular flexibility index (Phi) is 8.58. The molecule has 8 heteroatoms. The fourth-order valence-electron chi connectivity index (χ4n) is 2.30. The predicted molar refractivity (Wildman–Crippen MR) is 78.6 cm³/mol. The third-order valence-electron chi connectivity index (χ3n) is 3.29. The Hall–Kier alpha value is -0.530. The summed E-state index contributed by atoms with van der Waals surface area (Å²) >= 11 is 0. The summed E-state index contributed by atoms with van der Waals surface area (Å²) in [5.41, 5.74) is 0. The molecule has 0 unspecified atom stereocenters.